The van der Waals surface area contributed by atoms with Crippen molar-refractivity contribution in [3.63, 3.8) is 0 Å². The Hall–Kier alpha value is -2.63. The predicted molar refractivity (Wildman–Crippen MR) is 75.1 cm³/mol. The van der Waals surface area contributed by atoms with E-state index in [-0.39, 0.29) is 17.5 Å². The predicted octanol–water partition coefficient (Wildman–Crippen LogP) is 2.03. The number of hydrogen-bond donors (Lipinski definition) is 1. The van der Waals surface area contributed by atoms with Crippen LogP contribution in [-0.2, 0) is 4.79 Å². The van der Waals surface area contributed by atoms with Crippen LogP contribution >= 0.6 is 0 Å². The zero-order chi connectivity index (χ0) is 14.8. The quantitative estimate of drug-likeness (QED) is 0.933. The van der Waals surface area contributed by atoms with Gasteiger partial charge in [-0.1, -0.05) is 12.1 Å². The fraction of sp³-hybridized carbons (Fsp3) is 0.267. The van der Waals surface area contributed by atoms with Crippen molar-refractivity contribution in [2.24, 2.45) is 0 Å². The number of hydrogen-bond acceptors (Lipinski definition) is 5. The highest BCUT2D eigenvalue weighted by Crippen LogP contribution is 2.39. The number of carbonyl (C=O) groups excluding carboxylic acids is 1. The van der Waals surface area contributed by atoms with Gasteiger partial charge in [-0.3, -0.25) is 4.79 Å². The number of rotatable bonds is 3. The van der Waals surface area contributed by atoms with E-state index in [4.69, 9.17) is 4.74 Å². The van der Waals surface area contributed by atoms with Crippen molar-refractivity contribution in [2.75, 3.05) is 7.11 Å². The number of benzene rings is 1. The van der Waals surface area contributed by atoms with Gasteiger partial charge in [-0.05, 0) is 17.7 Å². The summed E-state index contributed by atoms with van der Waals surface area (Å²) in [5, 5.41) is 14.3. The molecular formula is C15H15N3O3. The molecule has 0 bridgehead atoms. The molecule has 3 rings (SSSR count). The molecule has 0 aliphatic heterocycles. The molecule has 0 fully saturated rings. The lowest BCUT2D eigenvalue weighted by molar-refractivity contribution is -0.116. The highest BCUT2D eigenvalue weighted by Gasteiger charge is 2.34. The lowest BCUT2D eigenvalue weighted by atomic mass is 9.82. The zero-order valence-electron chi connectivity index (χ0n) is 11.5. The van der Waals surface area contributed by atoms with E-state index in [2.05, 4.69) is 10.1 Å². The van der Waals surface area contributed by atoms with Crippen molar-refractivity contribution >= 4 is 5.78 Å². The molecule has 0 saturated heterocycles. The van der Waals surface area contributed by atoms with E-state index < -0.39 is 6.04 Å². The lowest BCUT2D eigenvalue weighted by Crippen LogP contribution is -2.27. The van der Waals surface area contributed by atoms with Crippen LogP contribution in [0.2, 0.25) is 0 Å². The van der Waals surface area contributed by atoms with Crippen LogP contribution in [0.15, 0.2) is 48.8 Å². The largest absolute Gasteiger partial charge is 0.510 e. The first-order valence-electron chi connectivity index (χ1n) is 6.60. The van der Waals surface area contributed by atoms with E-state index in [1.54, 1.807) is 18.1 Å². The van der Waals surface area contributed by atoms with E-state index in [0.29, 0.717) is 6.42 Å². The van der Waals surface area contributed by atoms with E-state index in [1.165, 1.54) is 12.4 Å². The van der Waals surface area contributed by atoms with Gasteiger partial charge in [-0.15, -0.1) is 0 Å². The minimum Gasteiger partial charge on any atom is -0.510 e. The summed E-state index contributed by atoms with van der Waals surface area (Å²) < 4.78 is 6.72. The number of nitrogens with zero attached hydrogens (tertiary/aromatic N) is 3. The van der Waals surface area contributed by atoms with E-state index in [1.807, 2.05) is 24.3 Å². The molecule has 1 aliphatic rings. The molecule has 2 atom stereocenters. The molecule has 1 heterocycles. The molecule has 1 aromatic heterocycles. The molecule has 0 amide bonds. The summed E-state index contributed by atoms with van der Waals surface area (Å²) in [6.45, 7) is 0. The minimum absolute atomic E-state index is 0.0116. The first-order chi connectivity index (χ1) is 10.2. The van der Waals surface area contributed by atoms with Crippen molar-refractivity contribution in [3.05, 3.63) is 54.3 Å². The smallest absolute Gasteiger partial charge is 0.159 e. The van der Waals surface area contributed by atoms with Gasteiger partial charge in [0.15, 0.2) is 5.78 Å². The van der Waals surface area contributed by atoms with Gasteiger partial charge >= 0.3 is 0 Å². The summed E-state index contributed by atoms with van der Waals surface area (Å²) >= 11 is 0. The van der Waals surface area contributed by atoms with Crippen molar-refractivity contribution in [3.8, 4) is 5.75 Å². The first-order valence-corrected chi connectivity index (χ1v) is 6.60. The molecule has 108 valence electrons. The normalized spacial score (nSPS) is 22.0. The molecule has 6 nitrogen and oxygen atoms in total. The van der Waals surface area contributed by atoms with Gasteiger partial charge < -0.3 is 9.84 Å². The van der Waals surface area contributed by atoms with Gasteiger partial charge in [0.2, 0.25) is 0 Å². The van der Waals surface area contributed by atoms with Crippen molar-refractivity contribution in [1.82, 2.24) is 14.8 Å². The summed E-state index contributed by atoms with van der Waals surface area (Å²) in [5.74, 6) is 0.482. The summed E-state index contributed by atoms with van der Waals surface area (Å²) in [7, 11) is 1.60. The molecule has 2 aromatic rings. The van der Waals surface area contributed by atoms with E-state index in [9.17, 15) is 9.90 Å². The van der Waals surface area contributed by atoms with Gasteiger partial charge in [0.05, 0.1) is 7.11 Å². The van der Waals surface area contributed by atoms with E-state index in [0.717, 1.165) is 11.3 Å². The van der Waals surface area contributed by atoms with E-state index >= 15 is 0 Å². The Labute approximate surface area is 121 Å². The van der Waals surface area contributed by atoms with Gasteiger partial charge in [0.25, 0.3) is 0 Å². The van der Waals surface area contributed by atoms with Crippen LogP contribution in [0.1, 0.15) is 23.9 Å². The second-order valence-corrected chi connectivity index (χ2v) is 4.94. The summed E-state index contributed by atoms with van der Waals surface area (Å²) in [5.41, 5.74) is 0.948. The Morgan fingerprint density at radius 2 is 2.10 bits per heavy atom. The molecule has 0 unspecified atom stereocenters. The lowest BCUT2D eigenvalue weighted by Gasteiger charge is -2.29. The number of allylic oxidation sites excluding steroid dienone is 2. The maximum atomic E-state index is 11.8. The van der Waals surface area contributed by atoms with Crippen LogP contribution in [0.25, 0.3) is 0 Å². The van der Waals surface area contributed by atoms with Crippen molar-refractivity contribution in [2.45, 2.75) is 18.4 Å². The standard InChI is InChI=1S/C15H15N3O3/c1-21-12-4-2-10(3-5-12)13-6-11(19)7-14(20)15(13)18-9-16-8-17-18/h2-5,7-9,13,15,20H,6H2,1H3/t13-,15+/m1/s1. The fourth-order valence-electron chi connectivity index (χ4n) is 2.68. The second-order valence-electron chi connectivity index (χ2n) is 4.94. The third-order valence-electron chi connectivity index (χ3n) is 3.68. The first kappa shape index (κ1) is 13.4. The topological polar surface area (TPSA) is 77.2 Å². The number of aromatic nitrogens is 3. The maximum Gasteiger partial charge on any atom is 0.159 e. The van der Waals surface area contributed by atoms with Crippen LogP contribution in [0.4, 0.5) is 0 Å². The number of methoxy groups -OCH3 is 1. The van der Waals surface area contributed by atoms with Gasteiger partial charge in [-0.2, -0.15) is 5.10 Å². The highest BCUT2D eigenvalue weighted by molar-refractivity contribution is 5.92. The third-order valence-corrected chi connectivity index (χ3v) is 3.68. The fourth-order valence-corrected chi connectivity index (χ4v) is 2.68. The zero-order valence-corrected chi connectivity index (χ0v) is 11.5. The Kier molecular flexibility index (Phi) is 3.43. The molecule has 0 spiro atoms. The molecule has 1 aliphatic carbocycles. The highest BCUT2D eigenvalue weighted by atomic mass is 16.5. The van der Waals surface area contributed by atoms with Gasteiger partial charge in [-0.25, -0.2) is 9.67 Å². The summed E-state index contributed by atoms with van der Waals surface area (Å²) in [6.07, 6.45) is 4.54. The van der Waals surface area contributed by atoms with Crippen LogP contribution in [-0.4, -0.2) is 32.8 Å². The average molecular weight is 285 g/mol. The molecular weight excluding hydrogens is 270 g/mol. The Morgan fingerprint density at radius 3 is 2.71 bits per heavy atom. The number of ether oxygens (including phenoxy) is 1. The maximum absolute atomic E-state index is 11.8. The average Bonchev–Trinajstić information content (AvgIpc) is 3.00. The SMILES string of the molecule is COc1ccc([C@H]2CC(=O)C=C(O)[C@H]2n2cncn2)cc1. The van der Waals surface area contributed by atoms with Crippen molar-refractivity contribution < 1.29 is 14.6 Å². The number of carbonyl (C=O) groups is 1. The second kappa shape index (κ2) is 5.40. The summed E-state index contributed by atoms with van der Waals surface area (Å²) in [4.78, 5) is 15.7. The Morgan fingerprint density at radius 1 is 1.33 bits per heavy atom. The minimum atomic E-state index is -0.418. The monoisotopic (exact) mass is 285 g/mol. The third kappa shape index (κ3) is 2.52. The van der Waals surface area contributed by atoms with Crippen molar-refractivity contribution in [1.29, 1.82) is 0 Å². The Balaban J connectivity index is 2.01. The van der Waals surface area contributed by atoms with Crippen LogP contribution < -0.4 is 4.74 Å². The van der Waals surface area contributed by atoms with Gasteiger partial charge in [0, 0.05) is 18.4 Å². The number of aliphatic hydroxyl groups is 1. The van der Waals surface area contributed by atoms with Crippen LogP contribution in [0.5, 0.6) is 5.75 Å². The molecule has 0 radical (unpaired) electrons. The van der Waals surface area contributed by atoms with Crippen LogP contribution in [0.3, 0.4) is 0 Å². The number of ketones is 1. The van der Waals surface area contributed by atoms with Gasteiger partial charge in [0.1, 0.15) is 30.2 Å². The molecule has 0 saturated carbocycles. The molecule has 6 heteroatoms. The molecule has 1 aromatic carbocycles. The summed E-state index contributed by atoms with van der Waals surface area (Å²) in [6, 6.07) is 7.07. The molecule has 21 heavy (non-hydrogen) atoms. The molecule has 1 N–H and O–H groups in total. The number of aliphatic hydroxyl groups excluding tert-OH is 1. The van der Waals surface area contributed by atoms with Crippen LogP contribution in [0, 0.1) is 0 Å². The Bertz CT molecular complexity index is 662.